The number of carbonyl (C=O) groups excluding carboxylic acids is 1. The van der Waals surface area contributed by atoms with E-state index < -0.39 is 5.97 Å². The molecule has 0 unspecified atom stereocenters. The molecule has 7 nitrogen and oxygen atoms in total. The van der Waals surface area contributed by atoms with Gasteiger partial charge in [0.15, 0.2) is 0 Å². The zero-order chi connectivity index (χ0) is 20.3. The number of carboxylic acid groups (broad SMARTS) is 1. The number of hydroxylamine groups is 1. The van der Waals surface area contributed by atoms with Gasteiger partial charge in [0.2, 0.25) is 5.91 Å². The number of hydrogen-bond acceptors (Lipinski definition) is 5. The number of nitrogens with one attached hydrogen (secondary N) is 1. The number of fused-ring (bicyclic) bond motifs is 1. The fraction of sp³-hybridized carbons (Fsp3) is 0.619. The number of hydrogen-bond donors (Lipinski definition) is 2. The minimum absolute atomic E-state index is 0. The SMILES string of the molecule is CC(=O)N(OC1CCNCC1)c1ccc2c(c1)CN(CCC(=O)O)C(C)(C)C2.Cl. The third-order valence-electron chi connectivity index (χ3n) is 5.69. The molecular formula is C21H32ClN3O4. The summed E-state index contributed by atoms with van der Waals surface area (Å²) in [5.41, 5.74) is 3.01. The van der Waals surface area contributed by atoms with Crippen LogP contribution in [0.3, 0.4) is 0 Å². The molecule has 3 rings (SSSR count). The molecular weight excluding hydrogens is 394 g/mol. The molecule has 162 valence electrons. The Morgan fingerprint density at radius 1 is 1.28 bits per heavy atom. The van der Waals surface area contributed by atoms with Crippen LogP contribution in [-0.2, 0) is 27.4 Å². The summed E-state index contributed by atoms with van der Waals surface area (Å²) < 4.78 is 0. The zero-order valence-electron chi connectivity index (χ0n) is 17.4. The lowest BCUT2D eigenvalue weighted by molar-refractivity contribution is -0.137. The zero-order valence-corrected chi connectivity index (χ0v) is 18.3. The van der Waals surface area contributed by atoms with Gasteiger partial charge >= 0.3 is 5.97 Å². The van der Waals surface area contributed by atoms with Gasteiger partial charge in [0.25, 0.3) is 0 Å². The van der Waals surface area contributed by atoms with E-state index in [-0.39, 0.29) is 36.4 Å². The number of nitrogens with zero attached hydrogens (tertiary/aromatic N) is 2. The monoisotopic (exact) mass is 425 g/mol. The summed E-state index contributed by atoms with van der Waals surface area (Å²) in [5.74, 6) is -0.925. The smallest absolute Gasteiger partial charge is 0.304 e. The molecule has 1 amide bonds. The highest BCUT2D eigenvalue weighted by atomic mass is 35.5. The number of rotatable bonds is 6. The van der Waals surface area contributed by atoms with Gasteiger partial charge in [-0.3, -0.25) is 19.3 Å². The number of piperidine rings is 1. The van der Waals surface area contributed by atoms with E-state index in [2.05, 4.69) is 30.1 Å². The molecule has 1 aromatic carbocycles. The van der Waals surface area contributed by atoms with Gasteiger partial charge in [-0.2, -0.15) is 5.06 Å². The number of benzene rings is 1. The van der Waals surface area contributed by atoms with Crippen molar-refractivity contribution >= 4 is 30.0 Å². The normalized spacial score (nSPS) is 19.1. The lowest BCUT2D eigenvalue weighted by Gasteiger charge is -2.43. The molecule has 0 aromatic heterocycles. The van der Waals surface area contributed by atoms with Crippen molar-refractivity contribution in [3.63, 3.8) is 0 Å². The predicted molar refractivity (Wildman–Crippen MR) is 114 cm³/mol. The molecule has 0 atom stereocenters. The Kier molecular flexibility index (Phi) is 8.05. The van der Waals surface area contributed by atoms with Crippen LogP contribution in [0.25, 0.3) is 0 Å². The van der Waals surface area contributed by atoms with Crippen LogP contribution in [0.2, 0.25) is 0 Å². The first-order chi connectivity index (χ1) is 13.3. The average Bonchev–Trinajstić information content (AvgIpc) is 2.64. The van der Waals surface area contributed by atoms with Crippen LogP contribution in [0.4, 0.5) is 5.69 Å². The summed E-state index contributed by atoms with van der Waals surface area (Å²) in [5, 5.41) is 13.8. The maximum atomic E-state index is 12.2. The Balaban J connectivity index is 0.00000300. The fourth-order valence-corrected chi connectivity index (χ4v) is 4.03. The number of aliphatic carboxylic acids is 1. The summed E-state index contributed by atoms with van der Waals surface area (Å²) >= 11 is 0. The van der Waals surface area contributed by atoms with Crippen LogP contribution in [0.15, 0.2) is 18.2 Å². The van der Waals surface area contributed by atoms with Crippen molar-refractivity contribution in [2.45, 2.75) is 64.6 Å². The van der Waals surface area contributed by atoms with Crippen LogP contribution in [0.5, 0.6) is 0 Å². The van der Waals surface area contributed by atoms with E-state index in [4.69, 9.17) is 9.94 Å². The van der Waals surface area contributed by atoms with Crippen LogP contribution >= 0.6 is 12.4 Å². The Morgan fingerprint density at radius 3 is 2.59 bits per heavy atom. The lowest BCUT2D eigenvalue weighted by atomic mass is 9.85. The van der Waals surface area contributed by atoms with E-state index in [0.29, 0.717) is 13.1 Å². The van der Waals surface area contributed by atoms with Crippen molar-refractivity contribution in [1.82, 2.24) is 10.2 Å². The molecule has 0 radical (unpaired) electrons. The van der Waals surface area contributed by atoms with Gasteiger partial charge in [0, 0.05) is 25.6 Å². The first kappa shape index (κ1) is 23.6. The van der Waals surface area contributed by atoms with E-state index in [0.717, 1.165) is 43.6 Å². The largest absolute Gasteiger partial charge is 0.481 e. The van der Waals surface area contributed by atoms with Gasteiger partial charge in [0.1, 0.15) is 0 Å². The molecule has 0 saturated carbocycles. The van der Waals surface area contributed by atoms with Crippen molar-refractivity contribution in [3.8, 4) is 0 Å². The molecule has 8 heteroatoms. The molecule has 0 bridgehead atoms. The first-order valence-corrected chi connectivity index (χ1v) is 10.0. The second kappa shape index (κ2) is 9.89. The van der Waals surface area contributed by atoms with Crippen molar-refractivity contribution < 1.29 is 19.5 Å². The molecule has 2 aliphatic rings. The molecule has 1 saturated heterocycles. The van der Waals surface area contributed by atoms with Gasteiger partial charge in [-0.1, -0.05) is 6.07 Å². The van der Waals surface area contributed by atoms with Gasteiger partial charge in [-0.25, -0.2) is 0 Å². The van der Waals surface area contributed by atoms with Gasteiger partial charge in [0.05, 0.1) is 18.2 Å². The third kappa shape index (κ3) is 5.92. The van der Waals surface area contributed by atoms with Crippen molar-refractivity contribution in [1.29, 1.82) is 0 Å². The highest BCUT2D eigenvalue weighted by molar-refractivity contribution is 5.89. The highest BCUT2D eigenvalue weighted by Gasteiger charge is 2.33. The minimum atomic E-state index is -0.784. The van der Waals surface area contributed by atoms with Crippen LogP contribution in [0, 0.1) is 0 Å². The summed E-state index contributed by atoms with van der Waals surface area (Å²) in [6, 6.07) is 6.04. The second-order valence-electron chi connectivity index (χ2n) is 8.38. The Bertz CT molecular complexity index is 735. The van der Waals surface area contributed by atoms with E-state index in [1.807, 2.05) is 12.1 Å². The topological polar surface area (TPSA) is 82.1 Å². The average molecular weight is 426 g/mol. The second-order valence-corrected chi connectivity index (χ2v) is 8.38. The van der Waals surface area contributed by atoms with E-state index in [9.17, 15) is 9.59 Å². The van der Waals surface area contributed by atoms with Gasteiger partial charge < -0.3 is 10.4 Å². The van der Waals surface area contributed by atoms with E-state index >= 15 is 0 Å². The quantitative estimate of drug-likeness (QED) is 0.682. The van der Waals surface area contributed by atoms with Crippen molar-refractivity contribution in [2.75, 3.05) is 24.7 Å². The van der Waals surface area contributed by atoms with E-state index in [1.165, 1.54) is 17.6 Å². The number of amides is 1. The fourth-order valence-electron chi connectivity index (χ4n) is 4.03. The number of carbonyl (C=O) groups is 2. The number of halogens is 1. The molecule has 0 spiro atoms. The van der Waals surface area contributed by atoms with Crippen LogP contribution in [0.1, 0.15) is 51.2 Å². The Labute approximate surface area is 178 Å². The van der Waals surface area contributed by atoms with Crippen LogP contribution in [-0.4, -0.2) is 53.2 Å². The standard InChI is InChI=1S/C21H31N3O4.ClH/c1-15(25)24(28-19-6-9-22-10-7-19)18-5-4-16-13-21(2,3)23(11-8-20(26)27)14-17(16)12-18;/h4-5,12,19,22H,6-11,13-14H2,1-3H3,(H,26,27);1H. The van der Waals surface area contributed by atoms with Crippen LogP contribution < -0.4 is 10.4 Å². The summed E-state index contributed by atoms with van der Waals surface area (Å²) in [4.78, 5) is 31.5. The third-order valence-corrected chi connectivity index (χ3v) is 5.69. The maximum absolute atomic E-state index is 12.2. The molecule has 29 heavy (non-hydrogen) atoms. The molecule has 2 aliphatic heterocycles. The number of anilines is 1. The Morgan fingerprint density at radius 2 is 1.97 bits per heavy atom. The van der Waals surface area contributed by atoms with Gasteiger partial charge in [-0.15, -0.1) is 12.4 Å². The molecule has 1 fully saturated rings. The minimum Gasteiger partial charge on any atom is -0.481 e. The highest BCUT2D eigenvalue weighted by Crippen LogP contribution is 2.33. The van der Waals surface area contributed by atoms with E-state index in [1.54, 1.807) is 0 Å². The lowest BCUT2D eigenvalue weighted by Crippen LogP contribution is -2.49. The molecule has 0 aliphatic carbocycles. The van der Waals surface area contributed by atoms with Gasteiger partial charge in [-0.05, 0) is 69.5 Å². The molecule has 1 aromatic rings. The molecule has 2 heterocycles. The Hall–Kier alpha value is -1.67. The summed E-state index contributed by atoms with van der Waals surface area (Å²) in [7, 11) is 0. The number of carboxylic acids is 1. The maximum Gasteiger partial charge on any atom is 0.304 e. The summed E-state index contributed by atoms with van der Waals surface area (Å²) in [6.45, 7) is 8.78. The first-order valence-electron chi connectivity index (χ1n) is 10.0. The summed E-state index contributed by atoms with van der Waals surface area (Å²) in [6.07, 6.45) is 2.76. The van der Waals surface area contributed by atoms with Crippen molar-refractivity contribution in [2.24, 2.45) is 0 Å². The van der Waals surface area contributed by atoms with Crippen molar-refractivity contribution in [3.05, 3.63) is 29.3 Å². The molecule has 2 N–H and O–H groups in total. The predicted octanol–water partition coefficient (Wildman–Crippen LogP) is 2.76.